The van der Waals surface area contributed by atoms with E-state index in [1.807, 2.05) is 24.3 Å². The maximum Gasteiger partial charge on any atom is 0.242 e. The Morgan fingerprint density at radius 2 is 1.79 bits per heavy atom. The van der Waals surface area contributed by atoms with Gasteiger partial charge in [-0.05, 0) is 49.3 Å². The number of carbonyl (C=O) groups excluding carboxylic acids is 1. The number of carbonyl (C=O) groups is 1. The lowest BCUT2D eigenvalue weighted by Gasteiger charge is -2.22. The molecular weight excluding hydrogens is 467 g/mol. The molecule has 1 heterocycles. The Morgan fingerprint density at radius 1 is 1.14 bits per heavy atom. The van der Waals surface area contributed by atoms with Crippen molar-refractivity contribution in [2.45, 2.75) is 39.2 Å². The summed E-state index contributed by atoms with van der Waals surface area (Å²) in [7, 11) is 1.64. The molecule has 1 aromatic carbocycles. The van der Waals surface area contributed by atoms with Gasteiger partial charge in [0.05, 0.1) is 7.11 Å². The Balaban J connectivity index is 0.00000280. The van der Waals surface area contributed by atoms with E-state index in [-0.39, 0.29) is 36.4 Å². The fraction of sp³-hybridized carbons (Fsp3) is 0.619. The third-order valence-corrected chi connectivity index (χ3v) is 5.63. The molecule has 1 saturated carbocycles. The van der Waals surface area contributed by atoms with Crippen LogP contribution in [0, 0.1) is 11.8 Å². The van der Waals surface area contributed by atoms with Crippen LogP contribution in [0.5, 0.6) is 5.75 Å². The van der Waals surface area contributed by atoms with Crippen molar-refractivity contribution >= 4 is 35.8 Å². The molecule has 156 valence electrons. The number of benzene rings is 1. The first-order valence-corrected chi connectivity index (χ1v) is 10.1. The predicted molar refractivity (Wildman–Crippen MR) is 123 cm³/mol. The van der Waals surface area contributed by atoms with Gasteiger partial charge in [-0.1, -0.05) is 25.0 Å². The maximum atomic E-state index is 12.2. The number of likely N-dealkylation sites (tertiary alicyclic amines) is 1. The second-order valence-corrected chi connectivity index (χ2v) is 7.50. The second kappa shape index (κ2) is 11.5. The number of aliphatic imine (C=N–C) groups is 1. The highest BCUT2D eigenvalue weighted by molar-refractivity contribution is 14.0. The van der Waals surface area contributed by atoms with Crippen molar-refractivity contribution in [3.05, 3.63) is 29.8 Å². The van der Waals surface area contributed by atoms with Crippen LogP contribution in [0.25, 0.3) is 0 Å². The molecule has 0 aromatic heterocycles. The van der Waals surface area contributed by atoms with E-state index in [0.717, 1.165) is 48.7 Å². The monoisotopic (exact) mass is 500 g/mol. The summed E-state index contributed by atoms with van der Waals surface area (Å²) in [6, 6.07) is 7.71. The molecule has 7 heteroatoms. The summed E-state index contributed by atoms with van der Waals surface area (Å²) >= 11 is 0. The van der Waals surface area contributed by atoms with Crippen LogP contribution in [0.3, 0.4) is 0 Å². The van der Waals surface area contributed by atoms with Gasteiger partial charge in [-0.3, -0.25) is 4.79 Å². The molecule has 1 aliphatic carbocycles. The molecule has 28 heavy (non-hydrogen) atoms. The highest BCUT2D eigenvalue weighted by atomic mass is 127. The quantitative estimate of drug-likeness (QED) is 0.358. The van der Waals surface area contributed by atoms with E-state index >= 15 is 0 Å². The number of halogens is 1. The lowest BCUT2D eigenvalue weighted by molar-refractivity contribution is -0.119. The summed E-state index contributed by atoms with van der Waals surface area (Å²) in [5, 5.41) is 6.30. The molecule has 2 atom stereocenters. The van der Waals surface area contributed by atoms with Crippen molar-refractivity contribution in [1.29, 1.82) is 0 Å². The fourth-order valence-corrected chi connectivity index (χ4v) is 4.15. The molecule has 6 nitrogen and oxygen atoms in total. The molecule has 0 radical (unpaired) electrons. The molecule has 0 bridgehead atoms. The highest BCUT2D eigenvalue weighted by Gasteiger charge is 2.35. The van der Waals surface area contributed by atoms with Gasteiger partial charge in [-0.2, -0.15) is 0 Å². The van der Waals surface area contributed by atoms with Gasteiger partial charge >= 0.3 is 0 Å². The molecule has 2 fully saturated rings. The number of rotatable bonds is 6. The summed E-state index contributed by atoms with van der Waals surface area (Å²) in [6.07, 6.45) is 5.39. The summed E-state index contributed by atoms with van der Waals surface area (Å²) in [6.45, 7) is 5.70. The van der Waals surface area contributed by atoms with Crippen LogP contribution >= 0.6 is 24.0 Å². The number of fused-ring (bicyclic) bond motifs is 1. The summed E-state index contributed by atoms with van der Waals surface area (Å²) in [5.41, 5.74) is 1.05. The first-order valence-electron chi connectivity index (χ1n) is 10.1. The Kier molecular flexibility index (Phi) is 9.34. The average molecular weight is 500 g/mol. The Labute approximate surface area is 185 Å². The zero-order chi connectivity index (χ0) is 19.1. The molecule has 1 amide bonds. The minimum absolute atomic E-state index is 0. The van der Waals surface area contributed by atoms with E-state index in [1.54, 1.807) is 7.11 Å². The van der Waals surface area contributed by atoms with Gasteiger partial charge in [-0.25, -0.2) is 4.99 Å². The zero-order valence-corrected chi connectivity index (χ0v) is 19.3. The Hall–Kier alpha value is -1.51. The van der Waals surface area contributed by atoms with E-state index in [1.165, 1.54) is 25.7 Å². The van der Waals surface area contributed by atoms with Crippen LogP contribution in [0.1, 0.15) is 38.2 Å². The van der Waals surface area contributed by atoms with Crippen molar-refractivity contribution < 1.29 is 9.53 Å². The third-order valence-electron chi connectivity index (χ3n) is 5.63. The summed E-state index contributed by atoms with van der Waals surface area (Å²) in [5.74, 6) is 3.23. The number of ether oxygens (including phenoxy) is 1. The largest absolute Gasteiger partial charge is 0.497 e. The predicted octanol–water partition coefficient (Wildman–Crippen LogP) is 3.02. The van der Waals surface area contributed by atoms with E-state index in [9.17, 15) is 4.79 Å². The number of methoxy groups -OCH3 is 1. The number of nitrogens with one attached hydrogen (secondary N) is 2. The van der Waals surface area contributed by atoms with Crippen LogP contribution in [0.4, 0.5) is 0 Å². The molecular formula is C21H33IN4O2. The van der Waals surface area contributed by atoms with Crippen LogP contribution in [0.15, 0.2) is 29.3 Å². The molecule has 2 aliphatic rings. The van der Waals surface area contributed by atoms with Gasteiger partial charge in [-0.15, -0.1) is 24.0 Å². The van der Waals surface area contributed by atoms with E-state index in [2.05, 4.69) is 27.4 Å². The normalized spacial score (nSPS) is 21.5. The molecule has 2 N–H and O–H groups in total. The topological polar surface area (TPSA) is 66.0 Å². The number of hydrogen-bond donors (Lipinski definition) is 2. The van der Waals surface area contributed by atoms with Crippen LogP contribution in [-0.2, 0) is 11.3 Å². The van der Waals surface area contributed by atoms with E-state index < -0.39 is 0 Å². The lowest BCUT2D eigenvalue weighted by Crippen LogP contribution is -2.41. The standard InChI is InChI=1S/C21H32N4O2.HI/c1-3-22-21(25-14-17-6-4-5-7-18(17)15-25)24-13-20(26)23-12-16-8-10-19(27-2)11-9-16;/h8-11,17-18H,3-7,12-15H2,1-2H3,(H,22,24)(H,23,26);1H. The van der Waals surface area contributed by atoms with Gasteiger partial charge in [0.2, 0.25) is 5.91 Å². The zero-order valence-electron chi connectivity index (χ0n) is 16.9. The average Bonchev–Trinajstić information content (AvgIpc) is 3.14. The minimum Gasteiger partial charge on any atom is -0.497 e. The highest BCUT2D eigenvalue weighted by Crippen LogP contribution is 2.35. The van der Waals surface area contributed by atoms with Crippen molar-refractivity contribution in [3.63, 3.8) is 0 Å². The van der Waals surface area contributed by atoms with Gasteiger partial charge in [0.1, 0.15) is 12.3 Å². The number of amides is 1. The summed E-state index contributed by atoms with van der Waals surface area (Å²) in [4.78, 5) is 19.2. The number of guanidine groups is 1. The van der Waals surface area contributed by atoms with E-state index in [0.29, 0.717) is 6.54 Å². The van der Waals surface area contributed by atoms with Crippen LogP contribution in [0.2, 0.25) is 0 Å². The minimum atomic E-state index is -0.0576. The SMILES string of the molecule is CCNC(=NCC(=O)NCc1ccc(OC)cc1)N1CC2CCCCC2C1.I. The fourth-order valence-electron chi connectivity index (χ4n) is 4.15. The number of hydrogen-bond acceptors (Lipinski definition) is 3. The van der Waals surface area contributed by atoms with Crippen molar-refractivity contribution in [3.8, 4) is 5.75 Å². The molecule has 1 aliphatic heterocycles. The Morgan fingerprint density at radius 3 is 2.36 bits per heavy atom. The smallest absolute Gasteiger partial charge is 0.242 e. The first-order chi connectivity index (χ1) is 13.2. The first kappa shape index (κ1) is 22.8. The molecule has 0 spiro atoms. The van der Waals surface area contributed by atoms with Crippen molar-refractivity contribution in [2.75, 3.05) is 33.3 Å². The number of nitrogens with zero attached hydrogens (tertiary/aromatic N) is 2. The van der Waals surface area contributed by atoms with Crippen LogP contribution in [-0.4, -0.2) is 50.1 Å². The molecule has 1 aromatic rings. The van der Waals surface area contributed by atoms with Gasteiger partial charge < -0.3 is 20.3 Å². The Bertz CT molecular complexity index is 636. The second-order valence-electron chi connectivity index (χ2n) is 7.50. The van der Waals surface area contributed by atoms with Gasteiger partial charge in [0.15, 0.2) is 5.96 Å². The maximum absolute atomic E-state index is 12.2. The third kappa shape index (κ3) is 6.25. The van der Waals surface area contributed by atoms with Gasteiger partial charge in [0, 0.05) is 26.2 Å². The molecule has 2 unspecified atom stereocenters. The van der Waals surface area contributed by atoms with Crippen molar-refractivity contribution in [2.24, 2.45) is 16.8 Å². The molecule has 3 rings (SSSR count). The van der Waals surface area contributed by atoms with Gasteiger partial charge in [0.25, 0.3) is 0 Å². The molecule has 1 saturated heterocycles. The summed E-state index contributed by atoms with van der Waals surface area (Å²) < 4.78 is 5.15. The van der Waals surface area contributed by atoms with E-state index in [4.69, 9.17) is 4.74 Å². The lowest BCUT2D eigenvalue weighted by atomic mass is 9.82. The van der Waals surface area contributed by atoms with Crippen molar-refractivity contribution in [1.82, 2.24) is 15.5 Å². The van der Waals surface area contributed by atoms with Crippen LogP contribution < -0.4 is 15.4 Å².